The van der Waals surface area contributed by atoms with Crippen LogP contribution in [0.4, 0.5) is 11.6 Å². The van der Waals surface area contributed by atoms with E-state index < -0.39 is 10.0 Å². The molecule has 3 aromatic carbocycles. The van der Waals surface area contributed by atoms with Crippen LogP contribution in [-0.4, -0.2) is 231 Å². The summed E-state index contributed by atoms with van der Waals surface area (Å²) in [6, 6.07) is 43.7. The van der Waals surface area contributed by atoms with Crippen molar-refractivity contribution in [2.45, 2.75) is 383 Å². The smallest absolute Gasteiger partial charge is 0.211 e. The third-order valence-electron chi connectivity index (χ3n) is 29.6. The average molecular weight is 2040 g/mol. The molecule has 0 atom stereocenters. The van der Waals surface area contributed by atoms with Gasteiger partial charge in [0.2, 0.25) is 10.0 Å². The Balaban J connectivity index is 0.000000187. The lowest BCUT2D eigenvalue weighted by Gasteiger charge is -2.39. The van der Waals surface area contributed by atoms with Gasteiger partial charge in [0.25, 0.3) is 0 Å². The van der Waals surface area contributed by atoms with Crippen molar-refractivity contribution in [1.82, 2.24) is 64.1 Å². The summed E-state index contributed by atoms with van der Waals surface area (Å²) in [6.45, 7) is 76.1. The predicted molar refractivity (Wildman–Crippen MR) is 617 cm³/mol. The van der Waals surface area contributed by atoms with Crippen molar-refractivity contribution >= 4 is 21.7 Å². The number of hydrogen-bond donors (Lipinski definition) is 2. The molecule has 5 saturated heterocycles. The van der Waals surface area contributed by atoms with Gasteiger partial charge in [-0.2, -0.15) is 0 Å². The summed E-state index contributed by atoms with van der Waals surface area (Å²) in [5.41, 5.74) is 17.7. The number of hydrogen-bond acceptors (Lipinski definition) is 20. The molecule has 0 spiro atoms. The Bertz CT molecular complexity index is 5160. The van der Waals surface area contributed by atoms with Crippen molar-refractivity contribution in [3.8, 4) is 17.2 Å². The zero-order valence-electron chi connectivity index (χ0n) is 98.0. The normalized spacial score (nSPS) is 18.7. The van der Waals surface area contributed by atoms with Gasteiger partial charge in [0.15, 0.2) is 0 Å². The zero-order chi connectivity index (χ0) is 108. The first-order chi connectivity index (χ1) is 68.9. The van der Waals surface area contributed by atoms with Crippen molar-refractivity contribution in [1.29, 1.82) is 0 Å². The fourth-order valence-corrected chi connectivity index (χ4v) is 19.9. The van der Waals surface area contributed by atoms with Crippen LogP contribution >= 0.6 is 0 Å². The van der Waals surface area contributed by atoms with E-state index >= 15 is 0 Å². The number of benzene rings is 3. The molecule has 818 valence electrons. The second-order valence-corrected chi connectivity index (χ2v) is 54.3. The maximum absolute atomic E-state index is 11.4. The summed E-state index contributed by atoms with van der Waals surface area (Å²) in [6.07, 6.45) is 33.2. The Kier molecular flexibility index (Phi) is 47.1. The highest BCUT2D eigenvalue weighted by molar-refractivity contribution is 7.88. The highest BCUT2D eigenvalue weighted by atomic mass is 32.2. The topological polar surface area (TPSA) is 205 Å². The maximum Gasteiger partial charge on any atom is 0.211 e. The monoisotopic (exact) mass is 2040 g/mol. The molecule has 21 nitrogen and oxygen atoms in total. The third-order valence-corrected chi connectivity index (χ3v) is 30.9. The number of ether oxygens (including phenoxy) is 4. The van der Waals surface area contributed by atoms with Gasteiger partial charge in [-0.1, -0.05) is 216 Å². The highest BCUT2D eigenvalue weighted by Gasteiger charge is 2.36. The first kappa shape index (κ1) is 122. The van der Waals surface area contributed by atoms with Crippen LogP contribution in [0.2, 0.25) is 0 Å². The fourth-order valence-electron chi connectivity index (χ4n) is 18.9. The third kappa shape index (κ3) is 43.5. The molecule has 5 aromatic heterocycles. The Labute approximate surface area is 894 Å². The van der Waals surface area contributed by atoms with Crippen molar-refractivity contribution in [3.05, 3.63) is 213 Å². The molecule has 0 amide bonds. The van der Waals surface area contributed by atoms with Gasteiger partial charge >= 0.3 is 0 Å². The van der Waals surface area contributed by atoms with E-state index in [2.05, 4.69) is 395 Å². The van der Waals surface area contributed by atoms with E-state index in [9.17, 15) is 8.42 Å². The first-order valence-electron chi connectivity index (χ1n) is 56.2. The van der Waals surface area contributed by atoms with Crippen molar-refractivity contribution in [3.63, 3.8) is 0 Å². The van der Waals surface area contributed by atoms with E-state index in [4.69, 9.17) is 23.9 Å². The molecule has 147 heavy (non-hydrogen) atoms. The molecular weight excluding hydrogens is 1840 g/mol. The molecule has 3 aliphatic carbocycles. The number of piperidine rings is 1. The summed E-state index contributed by atoms with van der Waals surface area (Å²) in [4.78, 5) is 43.6. The Hall–Kier alpha value is -8.06. The number of likely N-dealkylation sites (tertiary alicyclic amines) is 2. The van der Waals surface area contributed by atoms with Gasteiger partial charge in [0, 0.05) is 127 Å². The first-order valence-corrected chi connectivity index (χ1v) is 58.0. The Morgan fingerprint density at radius 3 is 1.20 bits per heavy atom. The number of aromatic nitrogens is 7. The van der Waals surface area contributed by atoms with Crippen molar-refractivity contribution in [2.75, 3.05) is 150 Å². The molecule has 0 unspecified atom stereocenters. The number of anilines is 2. The van der Waals surface area contributed by atoms with Crippen LogP contribution in [0, 0.1) is 30.6 Å². The van der Waals surface area contributed by atoms with E-state index in [-0.39, 0.29) is 43.3 Å². The fraction of sp³-hybridized carbons (Fsp3) is 0.672. The summed E-state index contributed by atoms with van der Waals surface area (Å²) in [5, 5.41) is 7.01. The van der Waals surface area contributed by atoms with Crippen molar-refractivity contribution in [2.24, 2.45) is 23.7 Å². The van der Waals surface area contributed by atoms with Crippen LogP contribution in [0.5, 0.6) is 17.2 Å². The highest BCUT2D eigenvalue weighted by Crippen LogP contribution is 2.39. The standard InChI is InChI=1S/C18H29N3.C17H27NO.C16H25NO.C16H27NO.2C15H25N3.C15H24N2O2S.C13H19NO/c1-18(2,3)14-12-16(19-15-8-7-9-15)20-17(13-14)21-10-5-4-6-11-21;1-17(2,3)15-7-9-16(10-8-15)19-14-6-13-18-11-4-5-12-18;1-16(2,3)14-6-8-15(9-7-14)18-13-5-12-17-10-4-11-17;1-13(2)17-11-6-12-18-15-9-7-14(8-10-15)16(3,4)5;2*1-15(2,3)14-9-12(16-10-17-14)6-11-7-13(8-11)18(4)5;1-11-8-16-13(7-14(11)15(2,3)4)6-12-9-17(10-12)20(5,18)19;1-13(2,3)11-4-5-14-12(7-11)6-10-8-15-9-10/h12-13,15H,4-11H2,1-3H3,(H,19,20);7-10H,4-6,11-14H2,1-3H3;6-9H,4-5,10-13H2,1-3H3;7-10,13,17H,6,11-12H2,1-5H3;2*9-11,13H,6-8H2,1-5H3;7-8,12H,6,9-10H2,1-5H3;4-5,7,10H,6,8-9H2,1-3H3. The van der Waals surface area contributed by atoms with E-state index in [1.807, 2.05) is 12.4 Å². The van der Waals surface area contributed by atoms with Gasteiger partial charge in [-0.25, -0.2) is 37.6 Å². The van der Waals surface area contributed by atoms with Crippen LogP contribution in [0.15, 0.2) is 140 Å². The zero-order valence-corrected chi connectivity index (χ0v) is 98.8. The van der Waals surface area contributed by atoms with Gasteiger partial charge in [0.05, 0.1) is 39.3 Å². The van der Waals surface area contributed by atoms with Crippen LogP contribution in [0.1, 0.15) is 356 Å². The number of nitrogens with zero attached hydrogens (tertiary/aromatic N) is 13. The molecule has 10 heterocycles. The second-order valence-electron chi connectivity index (χ2n) is 52.3. The number of nitrogens with one attached hydrogen (secondary N) is 2. The van der Waals surface area contributed by atoms with Crippen LogP contribution in [-0.2, 0) is 83.8 Å². The maximum atomic E-state index is 11.4. The van der Waals surface area contributed by atoms with Gasteiger partial charge < -0.3 is 54.1 Å². The SMILES string of the molecule is CC(C)(C)c1cc(NC2CCC2)nc(N2CCCCC2)c1.CC(C)(C)c1ccc(OCCCN2CCC2)cc1.CC(C)(C)c1ccc(OCCCN2CCCC2)cc1.CC(C)(C)c1ccnc(CC2COC2)c1.CC(C)NCCCOc1ccc(C(C)(C)C)cc1.CN(C)C1CC(Cc2cc(C(C)(C)C)ncn2)C1.CN(C)C1CC(Cc2cc(C(C)(C)C)ncn2)C1.Cc1cnc(CC2CN(S(C)(=O)=O)C2)cc1C(C)(C)C. The Morgan fingerprint density at radius 1 is 0.422 bits per heavy atom. The largest absolute Gasteiger partial charge is 0.494 e. The second kappa shape index (κ2) is 56.5. The number of aryl methyl sites for hydroxylation is 1. The predicted octanol–water partition coefficient (Wildman–Crippen LogP) is 25.4. The molecule has 22 heteroatoms. The lowest BCUT2D eigenvalue weighted by atomic mass is 9.76. The minimum atomic E-state index is -3.02. The summed E-state index contributed by atoms with van der Waals surface area (Å²) in [7, 11) is 5.66. The molecule has 0 bridgehead atoms. The molecule has 8 aromatic rings. The summed E-state index contributed by atoms with van der Waals surface area (Å²) >= 11 is 0. The Morgan fingerprint density at radius 2 is 0.830 bits per heavy atom. The van der Waals surface area contributed by atoms with Gasteiger partial charge in [-0.15, -0.1) is 0 Å². The van der Waals surface area contributed by atoms with Crippen LogP contribution in [0.25, 0.3) is 0 Å². The molecule has 0 radical (unpaired) electrons. The van der Waals surface area contributed by atoms with Gasteiger partial charge in [0.1, 0.15) is 41.5 Å². The minimum Gasteiger partial charge on any atom is -0.494 e. The number of rotatable bonds is 30. The summed E-state index contributed by atoms with van der Waals surface area (Å²) < 4.78 is 46.7. The number of pyridine rings is 3. The molecule has 3 saturated carbocycles. The van der Waals surface area contributed by atoms with Crippen LogP contribution < -0.4 is 29.7 Å². The number of sulfonamides is 1. The van der Waals surface area contributed by atoms with E-state index in [0.29, 0.717) is 37.0 Å². The lowest BCUT2D eigenvalue weighted by Crippen LogP contribution is -2.50. The van der Waals surface area contributed by atoms with E-state index in [1.165, 1.54) is 195 Å². The summed E-state index contributed by atoms with van der Waals surface area (Å²) in [5.74, 6) is 7.89. The van der Waals surface area contributed by atoms with Crippen LogP contribution in [0.3, 0.4) is 0 Å². The molecule has 8 aliphatic rings. The lowest BCUT2D eigenvalue weighted by molar-refractivity contribution is -0.0316. The molecule has 16 rings (SSSR count). The van der Waals surface area contributed by atoms with E-state index in [1.54, 1.807) is 12.7 Å². The van der Waals surface area contributed by atoms with Crippen molar-refractivity contribution < 1.29 is 27.4 Å². The van der Waals surface area contributed by atoms with Gasteiger partial charge in [-0.05, 0) is 364 Å². The van der Waals surface area contributed by atoms with E-state index in [0.717, 1.165) is 162 Å². The molecular formula is C125H201N15O6S. The average Bonchev–Trinajstić information content (AvgIpc) is 1.27. The minimum absolute atomic E-state index is 0.111. The molecule has 8 fully saturated rings. The molecule has 5 aliphatic heterocycles. The molecule has 2 N–H and O–H groups in total. The van der Waals surface area contributed by atoms with Gasteiger partial charge in [-0.3, -0.25) is 9.97 Å². The quantitative estimate of drug-likeness (QED) is 0.0402.